The highest BCUT2D eigenvalue weighted by molar-refractivity contribution is 5.76. The van der Waals surface area contributed by atoms with Gasteiger partial charge in [-0.3, -0.25) is 19.2 Å². The van der Waals surface area contributed by atoms with Gasteiger partial charge in [0.25, 0.3) is 5.56 Å². The molecule has 0 spiro atoms. The fraction of sp³-hybridized carbons (Fsp3) is 0.632. The topological polar surface area (TPSA) is 54.3 Å². The monoisotopic (exact) mass is 343 g/mol. The quantitative estimate of drug-likeness (QED) is 0.834. The molecule has 1 saturated heterocycles. The second-order valence-electron chi connectivity index (χ2n) is 6.91. The van der Waals surface area contributed by atoms with E-state index in [0.717, 1.165) is 56.8 Å². The number of nitrogens with zero attached hydrogens (tertiary/aromatic N) is 5. The lowest BCUT2D eigenvalue weighted by Crippen LogP contribution is -2.37. The van der Waals surface area contributed by atoms with Crippen LogP contribution in [0.3, 0.4) is 0 Å². The summed E-state index contributed by atoms with van der Waals surface area (Å²) in [5, 5.41) is 0.610. The normalized spacial score (nSPS) is 18.4. The summed E-state index contributed by atoms with van der Waals surface area (Å²) >= 11 is 0. The van der Waals surface area contributed by atoms with Gasteiger partial charge >= 0.3 is 0 Å². The highest BCUT2D eigenvalue weighted by Crippen LogP contribution is 2.26. The predicted octanol–water partition coefficient (Wildman–Crippen LogP) is 2.29. The van der Waals surface area contributed by atoms with Gasteiger partial charge in [-0.2, -0.15) is 0 Å². The highest BCUT2D eigenvalue weighted by atomic mass is 16.1. The van der Waals surface area contributed by atoms with Crippen molar-refractivity contribution in [3.8, 4) is 0 Å². The Kier molecular flexibility index (Phi) is 5.81. The zero-order valence-electron chi connectivity index (χ0n) is 15.6. The first-order valence-electron chi connectivity index (χ1n) is 9.42. The average molecular weight is 343 g/mol. The molecule has 6 nitrogen and oxygen atoms in total. The Balaban J connectivity index is 2.07. The summed E-state index contributed by atoms with van der Waals surface area (Å²) in [7, 11) is 2.18. The number of likely N-dealkylation sites (N-methyl/N-ethyl adjacent to an activating group) is 1. The molecule has 136 valence electrons. The Labute approximate surface area is 149 Å². The van der Waals surface area contributed by atoms with Crippen LogP contribution in [-0.2, 0) is 6.54 Å². The van der Waals surface area contributed by atoms with Gasteiger partial charge in [0.2, 0.25) is 0 Å². The van der Waals surface area contributed by atoms with Crippen LogP contribution in [0.2, 0.25) is 0 Å². The van der Waals surface area contributed by atoms with Gasteiger partial charge in [-0.05, 0) is 39.4 Å². The molecule has 0 amide bonds. The number of aromatic nitrogens is 3. The van der Waals surface area contributed by atoms with Crippen LogP contribution in [0, 0.1) is 0 Å². The molecule has 0 saturated carbocycles. The van der Waals surface area contributed by atoms with Crippen LogP contribution in [0.4, 0.5) is 0 Å². The standard InChI is InChI=1S/C19H29N5O/c1-4-7-17(23-11-6-10-22(3)12-13-23)18-21-16-8-9-20-14-15(16)19(25)24(18)5-2/h8-9,14,17H,4-7,10-13H2,1-3H3/t17-/m1/s1. The van der Waals surface area contributed by atoms with Crippen molar-refractivity contribution in [1.29, 1.82) is 0 Å². The van der Waals surface area contributed by atoms with Crippen LogP contribution < -0.4 is 5.56 Å². The Morgan fingerprint density at radius 2 is 2.04 bits per heavy atom. The molecule has 0 unspecified atom stereocenters. The maximum atomic E-state index is 12.9. The molecule has 1 aliphatic rings. The van der Waals surface area contributed by atoms with Gasteiger partial charge in [-0.1, -0.05) is 13.3 Å². The molecule has 1 aliphatic heterocycles. The lowest BCUT2D eigenvalue weighted by Gasteiger charge is -2.31. The maximum absolute atomic E-state index is 12.9. The molecule has 1 atom stereocenters. The molecule has 2 aromatic rings. The first kappa shape index (κ1) is 18.0. The van der Waals surface area contributed by atoms with Crippen molar-refractivity contribution < 1.29 is 0 Å². The SMILES string of the molecule is CCC[C@H](c1nc2ccncc2c(=O)n1CC)N1CCCN(C)CC1. The Morgan fingerprint density at radius 3 is 2.80 bits per heavy atom. The van der Waals surface area contributed by atoms with E-state index in [2.05, 4.69) is 28.8 Å². The largest absolute Gasteiger partial charge is 0.305 e. The van der Waals surface area contributed by atoms with E-state index in [0.29, 0.717) is 11.9 Å². The van der Waals surface area contributed by atoms with E-state index in [1.54, 1.807) is 12.4 Å². The molecule has 0 radical (unpaired) electrons. The lowest BCUT2D eigenvalue weighted by molar-refractivity contribution is 0.180. The smallest absolute Gasteiger partial charge is 0.262 e. The maximum Gasteiger partial charge on any atom is 0.262 e. The molecular formula is C19H29N5O. The second kappa shape index (κ2) is 8.06. The molecule has 0 aromatic carbocycles. The molecule has 25 heavy (non-hydrogen) atoms. The van der Waals surface area contributed by atoms with Crippen molar-refractivity contribution in [2.75, 3.05) is 33.2 Å². The fourth-order valence-electron chi connectivity index (χ4n) is 3.77. The number of rotatable bonds is 5. The van der Waals surface area contributed by atoms with E-state index in [9.17, 15) is 4.79 Å². The molecule has 2 aromatic heterocycles. The number of fused-ring (bicyclic) bond motifs is 1. The minimum Gasteiger partial charge on any atom is -0.305 e. The van der Waals surface area contributed by atoms with Gasteiger partial charge in [-0.15, -0.1) is 0 Å². The van der Waals surface area contributed by atoms with E-state index in [-0.39, 0.29) is 11.6 Å². The van der Waals surface area contributed by atoms with Crippen molar-refractivity contribution in [3.63, 3.8) is 0 Å². The van der Waals surface area contributed by atoms with Crippen molar-refractivity contribution in [2.24, 2.45) is 0 Å². The summed E-state index contributed by atoms with van der Waals surface area (Å²) < 4.78 is 1.85. The van der Waals surface area contributed by atoms with Crippen LogP contribution in [0.25, 0.3) is 10.9 Å². The predicted molar refractivity (Wildman–Crippen MR) is 101 cm³/mol. The average Bonchev–Trinajstić information content (AvgIpc) is 2.84. The highest BCUT2D eigenvalue weighted by Gasteiger charge is 2.26. The summed E-state index contributed by atoms with van der Waals surface area (Å²) in [6.45, 7) is 9.14. The third-order valence-electron chi connectivity index (χ3n) is 5.16. The van der Waals surface area contributed by atoms with E-state index >= 15 is 0 Å². The Bertz CT molecular complexity index is 772. The summed E-state index contributed by atoms with van der Waals surface area (Å²) in [5.41, 5.74) is 0.788. The van der Waals surface area contributed by atoms with Crippen molar-refractivity contribution in [3.05, 3.63) is 34.6 Å². The molecule has 0 N–H and O–H groups in total. The van der Waals surface area contributed by atoms with E-state index in [4.69, 9.17) is 4.98 Å². The molecular weight excluding hydrogens is 314 g/mol. The zero-order valence-corrected chi connectivity index (χ0v) is 15.6. The fourth-order valence-corrected chi connectivity index (χ4v) is 3.77. The minimum absolute atomic E-state index is 0.0312. The van der Waals surface area contributed by atoms with Gasteiger partial charge in [0.15, 0.2) is 0 Å². The number of hydrogen-bond donors (Lipinski definition) is 0. The molecule has 0 bridgehead atoms. The number of pyridine rings is 1. The first-order valence-corrected chi connectivity index (χ1v) is 9.42. The summed E-state index contributed by atoms with van der Waals surface area (Å²) in [6, 6.07) is 2.04. The summed E-state index contributed by atoms with van der Waals surface area (Å²) in [5.74, 6) is 0.914. The lowest BCUT2D eigenvalue weighted by atomic mass is 10.1. The molecule has 6 heteroatoms. The van der Waals surface area contributed by atoms with Gasteiger partial charge < -0.3 is 4.90 Å². The Morgan fingerprint density at radius 1 is 1.20 bits per heavy atom. The van der Waals surface area contributed by atoms with Crippen molar-refractivity contribution in [1.82, 2.24) is 24.3 Å². The van der Waals surface area contributed by atoms with Gasteiger partial charge in [0.1, 0.15) is 5.82 Å². The first-order chi connectivity index (χ1) is 12.2. The van der Waals surface area contributed by atoms with Crippen molar-refractivity contribution >= 4 is 10.9 Å². The molecule has 3 rings (SSSR count). The molecule has 0 aliphatic carbocycles. The van der Waals surface area contributed by atoms with Crippen LogP contribution in [0.5, 0.6) is 0 Å². The molecule has 3 heterocycles. The van der Waals surface area contributed by atoms with E-state index in [1.165, 1.54) is 0 Å². The van der Waals surface area contributed by atoms with Gasteiger partial charge in [-0.25, -0.2) is 4.98 Å². The van der Waals surface area contributed by atoms with Crippen molar-refractivity contribution in [2.45, 2.75) is 45.7 Å². The molecule has 1 fully saturated rings. The van der Waals surface area contributed by atoms with E-state index < -0.39 is 0 Å². The van der Waals surface area contributed by atoms with Crippen LogP contribution in [0.15, 0.2) is 23.3 Å². The Hall–Kier alpha value is -1.79. The summed E-state index contributed by atoms with van der Waals surface area (Å²) in [6.07, 6.45) is 6.60. The zero-order chi connectivity index (χ0) is 17.8. The van der Waals surface area contributed by atoms with Gasteiger partial charge in [0.05, 0.1) is 16.9 Å². The summed E-state index contributed by atoms with van der Waals surface area (Å²) in [4.78, 5) is 26.9. The minimum atomic E-state index is 0.0312. The van der Waals surface area contributed by atoms with Crippen LogP contribution in [0.1, 0.15) is 45.0 Å². The van der Waals surface area contributed by atoms with E-state index in [1.807, 2.05) is 17.6 Å². The second-order valence-corrected chi connectivity index (χ2v) is 6.91. The van der Waals surface area contributed by atoms with Gasteiger partial charge in [0, 0.05) is 38.6 Å². The number of hydrogen-bond acceptors (Lipinski definition) is 5. The van der Waals surface area contributed by atoms with Crippen LogP contribution >= 0.6 is 0 Å². The van der Waals surface area contributed by atoms with Crippen LogP contribution in [-0.4, -0.2) is 57.6 Å². The third-order valence-corrected chi connectivity index (χ3v) is 5.16. The third kappa shape index (κ3) is 3.75.